The zero-order valence-corrected chi connectivity index (χ0v) is 43.4. The number of hydrogen-bond donors (Lipinski definition) is 6. The predicted molar refractivity (Wildman–Crippen MR) is 256 cm³/mol. The van der Waals surface area contributed by atoms with Gasteiger partial charge in [-0.25, -0.2) is 9.37 Å². The number of amides is 1. The third-order valence-corrected chi connectivity index (χ3v) is 14.9. The molecule has 2 atom stereocenters. The van der Waals surface area contributed by atoms with E-state index in [4.69, 9.17) is 26.1 Å². The molecule has 68 heavy (non-hydrogen) atoms. The topological polar surface area (TPSA) is 265 Å². The molecule has 5 rings (SSSR count). The first kappa shape index (κ1) is 56.1. The Balaban J connectivity index is 0.0000101. The average molecular weight is 1000 g/mol. The Hall–Kier alpha value is -4.53. The van der Waals surface area contributed by atoms with Gasteiger partial charge < -0.3 is 57.5 Å². The molecule has 0 saturated heterocycles. The fraction of sp³-hybridized carbons (Fsp3) is 0.356. The number of esters is 1. The van der Waals surface area contributed by atoms with Crippen LogP contribution in [-0.2, 0) is 18.7 Å². The fourth-order valence-corrected chi connectivity index (χ4v) is 9.42. The molecule has 360 valence electrons. The van der Waals surface area contributed by atoms with Crippen LogP contribution >= 0.6 is 27.4 Å². The molecular weight excluding hydrogens is 948 g/mol. The van der Waals surface area contributed by atoms with Gasteiger partial charge in [0.1, 0.15) is 30.2 Å². The van der Waals surface area contributed by atoms with Gasteiger partial charge in [0.25, 0.3) is 5.91 Å². The van der Waals surface area contributed by atoms with E-state index in [0.29, 0.717) is 41.2 Å². The summed E-state index contributed by atoms with van der Waals surface area (Å²) in [4.78, 5) is 71.5. The van der Waals surface area contributed by atoms with Gasteiger partial charge in [0.05, 0.1) is 24.5 Å². The number of aliphatic hydroxyl groups is 1. The Morgan fingerprint density at radius 1 is 0.912 bits per heavy atom. The molecule has 1 aliphatic heterocycles. The largest absolute Gasteiger partial charge is 1.00 e. The quantitative estimate of drug-likeness (QED) is 0.00668. The van der Waals surface area contributed by atoms with Crippen LogP contribution in [0.3, 0.4) is 0 Å². The van der Waals surface area contributed by atoms with Crippen molar-refractivity contribution in [3.8, 4) is 28.2 Å². The zero-order chi connectivity index (χ0) is 48.9. The maximum atomic E-state index is 13.7. The number of carbonyl (C=O) groups is 2. The maximum Gasteiger partial charge on any atom is 1.00 e. The minimum atomic E-state index is -5.84. The van der Waals surface area contributed by atoms with Crippen molar-refractivity contribution < 1.29 is 86.8 Å². The van der Waals surface area contributed by atoms with Gasteiger partial charge in [0.15, 0.2) is 26.9 Å². The van der Waals surface area contributed by atoms with Crippen molar-refractivity contribution in [3.05, 3.63) is 101 Å². The van der Waals surface area contributed by atoms with Gasteiger partial charge in [-0.1, -0.05) is 30.3 Å². The Kier molecular flexibility index (Phi) is 20.9. The minimum Gasteiger partial charge on any atom is -0.776 e. The van der Waals surface area contributed by atoms with Crippen LogP contribution in [0.25, 0.3) is 33.4 Å². The van der Waals surface area contributed by atoms with Crippen molar-refractivity contribution in [2.75, 3.05) is 64.4 Å². The fourth-order valence-electron chi connectivity index (χ4n) is 7.28. The number of carbonyl (C=O) groups excluding carboxylic acids is 2. The van der Waals surface area contributed by atoms with Gasteiger partial charge in [-0.2, -0.15) is 5.10 Å². The minimum absolute atomic E-state index is 0. The summed E-state index contributed by atoms with van der Waals surface area (Å²) in [6.07, 6.45) is 0.889. The second-order valence-electron chi connectivity index (χ2n) is 15.3. The second kappa shape index (κ2) is 25.4. The Bertz CT molecular complexity index is 2700. The number of rotatable bonds is 21. The van der Waals surface area contributed by atoms with Crippen LogP contribution in [0.5, 0.6) is 5.75 Å². The molecule has 1 amide bonds. The van der Waals surface area contributed by atoms with E-state index in [0.717, 1.165) is 53.7 Å². The number of nitrogens with one attached hydrogen (secondary N) is 3. The predicted octanol–water partition coefficient (Wildman–Crippen LogP) is 0.381. The molecule has 2 unspecified atom stereocenters. The third-order valence-electron chi connectivity index (χ3n) is 10.9. The molecular formula is C45H56N7NaO12P2S. The Morgan fingerprint density at radius 3 is 2.29 bits per heavy atom. The molecule has 0 spiro atoms. The molecule has 3 aromatic rings. The average Bonchev–Trinajstić information content (AvgIpc) is 3.30. The van der Waals surface area contributed by atoms with Crippen molar-refractivity contribution >= 4 is 67.3 Å². The van der Waals surface area contributed by atoms with Gasteiger partial charge in [-0.3, -0.25) is 21.1 Å². The molecule has 6 N–H and O–H groups in total. The van der Waals surface area contributed by atoms with E-state index in [2.05, 4.69) is 58.5 Å². The monoisotopic (exact) mass is 1000 g/mol. The first-order valence-corrected chi connectivity index (χ1v) is 25.1. The van der Waals surface area contributed by atoms with Crippen molar-refractivity contribution in [1.29, 1.82) is 0 Å². The number of hydrazine groups is 1. The summed E-state index contributed by atoms with van der Waals surface area (Å²) < 4.78 is 43.0. The van der Waals surface area contributed by atoms with Crippen LogP contribution in [-0.4, -0.2) is 108 Å². The Labute approximate surface area is 422 Å². The van der Waals surface area contributed by atoms with E-state index in [1.807, 2.05) is 48.5 Å². The zero-order valence-electron chi connectivity index (χ0n) is 38.8. The maximum absolute atomic E-state index is 13.7. The molecule has 0 saturated carbocycles. The second-order valence-corrected chi connectivity index (χ2v) is 19.6. The van der Waals surface area contributed by atoms with E-state index in [1.54, 1.807) is 36.4 Å². The Morgan fingerprint density at radius 2 is 1.62 bits per heavy atom. The first-order valence-electron chi connectivity index (χ1n) is 21.5. The molecule has 19 nitrogen and oxygen atoms in total. The number of ether oxygens (including phenoxy) is 2. The summed E-state index contributed by atoms with van der Waals surface area (Å²) in [6, 6.07) is 26.1. The van der Waals surface area contributed by atoms with Gasteiger partial charge >= 0.3 is 35.5 Å². The summed E-state index contributed by atoms with van der Waals surface area (Å²) >= 11 is 5.22. The smallest absolute Gasteiger partial charge is 0.776 e. The van der Waals surface area contributed by atoms with E-state index in [1.165, 1.54) is 18.2 Å². The normalized spacial score (nSPS) is 14.0. The van der Waals surface area contributed by atoms with Gasteiger partial charge in [-0.15, -0.1) is 0 Å². The third kappa shape index (κ3) is 14.3. The number of anilines is 1. The van der Waals surface area contributed by atoms with Crippen molar-refractivity contribution in [2.24, 2.45) is 5.10 Å². The molecule has 3 aromatic carbocycles. The molecule has 0 radical (unpaired) electrons. The van der Waals surface area contributed by atoms with Gasteiger partial charge in [0, 0.05) is 66.9 Å². The molecule has 0 bridgehead atoms. The van der Waals surface area contributed by atoms with Crippen molar-refractivity contribution in [1.82, 2.24) is 25.8 Å². The number of fused-ring (bicyclic) bond motifs is 2. The van der Waals surface area contributed by atoms with Crippen LogP contribution in [0, 0.1) is 0 Å². The molecule has 0 aromatic heterocycles. The van der Waals surface area contributed by atoms with Gasteiger partial charge in [-0.05, 0) is 101 Å². The number of thiocarbonyl (C=S) groups is 1. The number of hydrazone groups is 1. The van der Waals surface area contributed by atoms with Crippen LogP contribution in [0.1, 0.15) is 56.5 Å². The summed E-state index contributed by atoms with van der Waals surface area (Å²) in [6.45, 7) is 11.3. The van der Waals surface area contributed by atoms with E-state index in [9.17, 15) is 43.4 Å². The summed E-state index contributed by atoms with van der Waals surface area (Å²) in [5, 5.41) is 12.1. The molecule has 23 heteroatoms. The molecule has 1 aliphatic carbocycles. The van der Waals surface area contributed by atoms with E-state index in [-0.39, 0.29) is 53.4 Å². The van der Waals surface area contributed by atoms with E-state index < -0.39 is 45.2 Å². The summed E-state index contributed by atoms with van der Waals surface area (Å²) in [5.74, 6) is -0.245. The van der Waals surface area contributed by atoms with Crippen LogP contribution in [0.2, 0.25) is 0 Å². The van der Waals surface area contributed by atoms with Crippen molar-refractivity contribution in [3.63, 3.8) is 0 Å². The van der Waals surface area contributed by atoms with Crippen molar-refractivity contribution in [2.45, 2.75) is 45.6 Å². The first-order chi connectivity index (χ1) is 31.8. The van der Waals surface area contributed by atoms with Gasteiger partial charge in [0.2, 0.25) is 10.5 Å². The van der Waals surface area contributed by atoms with Crippen LogP contribution < -0.4 is 75.2 Å². The van der Waals surface area contributed by atoms with Crippen LogP contribution in [0.4, 0.5) is 5.69 Å². The van der Waals surface area contributed by atoms with Crippen LogP contribution in [0.15, 0.2) is 94.4 Å². The number of benzene rings is 4. The molecule has 2 aliphatic rings. The SMILES string of the molecule is CCN(CC)c1ccc2c(-c3ccccc3C(=O)OCC(=O)NNC(=S)N/N=C/c3cccc(OCCCN(C)CCC(O)(P(=O)([O-])O)P(=O)([O-])O)c3)c3ccc(=[N+](CC)CC)cc-3oc2c1.[Na+]. The molecule has 1 heterocycles. The summed E-state index contributed by atoms with van der Waals surface area (Å²) in [5.41, 5.74) is 12.2. The number of hydrogen-bond acceptors (Lipinski definition) is 14. The standard InChI is InChI=1S/C45H57N7O12P2S.Na/c1-6-51(7-2)32-18-20-37-39(27-32)64-40-28-33(52(8-3)9-4)19-21-38(40)42(37)35-16-10-11-17-36(35)43(54)63-30-41(53)47-49-44(67)48-46-29-31-14-12-15-34(26-31)62-25-13-23-50(5)24-22-45(55,65(56,57)58)66(59,60)61;/h10-12,14-21,26-29,55H,6-9,13,22-25,30H2,1-5H3,(H6,48,54,56,57,58,59,60,61,67);/q;+1/p-1/b46-29+;. The summed E-state index contributed by atoms with van der Waals surface area (Å²) in [7, 11) is -10.1. The van der Waals surface area contributed by atoms with E-state index >= 15 is 0 Å². The number of nitrogens with zero attached hydrogens (tertiary/aromatic N) is 4. The molecule has 0 fully saturated rings.